The van der Waals surface area contributed by atoms with E-state index in [1.165, 1.54) is 6.07 Å². The van der Waals surface area contributed by atoms with Crippen LogP contribution in [0.15, 0.2) is 75.8 Å². The molecule has 0 bridgehead atoms. The summed E-state index contributed by atoms with van der Waals surface area (Å²) in [5.74, 6) is 0. The average molecular weight is 327 g/mol. The number of hydrogen-bond acceptors (Lipinski definition) is 5. The molecule has 0 aliphatic heterocycles. The van der Waals surface area contributed by atoms with Crippen LogP contribution in [0.2, 0.25) is 0 Å². The highest BCUT2D eigenvalue weighted by atomic mass is 32.2. The van der Waals surface area contributed by atoms with E-state index in [2.05, 4.69) is 10.2 Å². The molecule has 0 amide bonds. The Hall–Kier alpha value is -2.77. The Morgan fingerprint density at radius 2 is 1.52 bits per heavy atom. The first-order chi connectivity index (χ1) is 10.9. The maximum Gasteiger partial charge on any atom is 0.295 e. The Bertz CT molecular complexity index is 992. The van der Waals surface area contributed by atoms with Crippen molar-refractivity contribution in [3.8, 4) is 0 Å². The fraction of sp³-hybridized carbons (Fsp3) is 0. The van der Waals surface area contributed by atoms with E-state index in [0.717, 1.165) is 0 Å². The van der Waals surface area contributed by atoms with Crippen LogP contribution in [0.4, 0.5) is 17.1 Å². The van der Waals surface area contributed by atoms with E-state index in [1.807, 2.05) is 0 Å². The monoisotopic (exact) mass is 327 g/mol. The average Bonchev–Trinajstić information content (AvgIpc) is 2.53. The lowest BCUT2D eigenvalue weighted by atomic mass is 10.1. The SMILES string of the molecule is Nc1ccc(N=Nc2cccc3cccc(S(=O)(=O)O)c23)cc1. The molecule has 0 saturated carbocycles. The summed E-state index contributed by atoms with van der Waals surface area (Å²) in [6.45, 7) is 0. The van der Waals surface area contributed by atoms with Crippen molar-refractivity contribution in [2.75, 3.05) is 5.73 Å². The van der Waals surface area contributed by atoms with Gasteiger partial charge in [-0.15, -0.1) is 5.11 Å². The van der Waals surface area contributed by atoms with Gasteiger partial charge in [0.25, 0.3) is 10.1 Å². The molecule has 3 aromatic rings. The Morgan fingerprint density at radius 1 is 0.870 bits per heavy atom. The molecule has 0 aliphatic carbocycles. The lowest BCUT2D eigenvalue weighted by Gasteiger charge is -2.06. The van der Waals surface area contributed by atoms with Gasteiger partial charge in [0.05, 0.1) is 11.4 Å². The highest BCUT2D eigenvalue weighted by molar-refractivity contribution is 7.86. The lowest BCUT2D eigenvalue weighted by Crippen LogP contribution is -1.98. The van der Waals surface area contributed by atoms with E-state index in [0.29, 0.717) is 27.8 Å². The highest BCUT2D eigenvalue weighted by Crippen LogP contribution is 2.32. The molecular weight excluding hydrogens is 314 g/mol. The third-order valence-electron chi connectivity index (χ3n) is 3.29. The Labute approximate surface area is 133 Å². The van der Waals surface area contributed by atoms with Crippen molar-refractivity contribution in [2.45, 2.75) is 4.90 Å². The molecule has 3 N–H and O–H groups in total. The van der Waals surface area contributed by atoms with Crippen molar-refractivity contribution >= 4 is 38.0 Å². The van der Waals surface area contributed by atoms with Crippen LogP contribution in [0.5, 0.6) is 0 Å². The van der Waals surface area contributed by atoms with Crippen molar-refractivity contribution in [2.24, 2.45) is 10.2 Å². The van der Waals surface area contributed by atoms with Crippen molar-refractivity contribution in [1.29, 1.82) is 0 Å². The second-order valence-electron chi connectivity index (χ2n) is 4.90. The summed E-state index contributed by atoms with van der Waals surface area (Å²) in [5.41, 5.74) is 7.16. The first-order valence-electron chi connectivity index (χ1n) is 6.72. The van der Waals surface area contributed by atoms with Gasteiger partial charge in [-0.25, -0.2) is 0 Å². The van der Waals surface area contributed by atoms with E-state index in [9.17, 15) is 13.0 Å². The molecule has 0 spiro atoms. The van der Waals surface area contributed by atoms with Crippen LogP contribution in [-0.4, -0.2) is 13.0 Å². The molecule has 0 unspecified atom stereocenters. The summed E-state index contributed by atoms with van der Waals surface area (Å²) in [6, 6.07) is 16.6. The van der Waals surface area contributed by atoms with E-state index >= 15 is 0 Å². The Balaban J connectivity index is 2.16. The smallest absolute Gasteiger partial charge is 0.295 e. The maximum absolute atomic E-state index is 11.6. The predicted octanol–water partition coefficient (Wildman–Crippen LogP) is 4.08. The van der Waals surface area contributed by atoms with Gasteiger partial charge in [-0.05, 0) is 41.8 Å². The van der Waals surface area contributed by atoms with Gasteiger partial charge in [0, 0.05) is 11.1 Å². The van der Waals surface area contributed by atoms with Gasteiger partial charge in [-0.1, -0.05) is 24.3 Å². The van der Waals surface area contributed by atoms with E-state index in [4.69, 9.17) is 5.73 Å². The minimum Gasteiger partial charge on any atom is -0.399 e. The van der Waals surface area contributed by atoms with Crippen molar-refractivity contribution < 1.29 is 13.0 Å². The molecule has 0 aliphatic rings. The summed E-state index contributed by atoms with van der Waals surface area (Å²) < 4.78 is 32.6. The number of azo groups is 1. The van der Waals surface area contributed by atoms with Crippen molar-refractivity contribution in [3.63, 3.8) is 0 Å². The number of nitrogen functional groups attached to an aromatic ring is 1. The lowest BCUT2D eigenvalue weighted by molar-refractivity contribution is 0.484. The molecule has 116 valence electrons. The molecular formula is C16H13N3O3S. The second kappa shape index (κ2) is 5.79. The standard InChI is InChI=1S/C16H13N3O3S/c17-12-7-9-13(10-8-12)18-19-14-5-1-3-11-4-2-6-15(16(11)14)23(20,21)22/h1-10H,17H2,(H,20,21,22). The zero-order chi connectivity index (χ0) is 16.4. The molecule has 23 heavy (non-hydrogen) atoms. The first-order valence-corrected chi connectivity index (χ1v) is 8.16. The fourth-order valence-electron chi connectivity index (χ4n) is 2.24. The molecule has 6 nitrogen and oxygen atoms in total. The number of benzene rings is 3. The maximum atomic E-state index is 11.6. The third-order valence-corrected chi connectivity index (χ3v) is 4.18. The third kappa shape index (κ3) is 3.20. The number of nitrogens with two attached hydrogens (primary N) is 1. The van der Waals surface area contributed by atoms with Crippen LogP contribution in [0, 0.1) is 0 Å². The summed E-state index contributed by atoms with van der Waals surface area (Å²) in [6.07, 6.45) is 0. The molecule has 3 aromatic carbocycles. The van der Waals surface area contributed by atoms with Gasteiger partial charge in [0.15, 0.2) is 0 Å². The molecule has 0 radical (unpaired) electrons. The van der Waals surface area contributed by atoms with Crippen LogP contribution >= 0.6 is 0 Å². The summed E-state index contributed by atoms with van der Waals surface area (Å²) in [7, 11) is -4.36. The van der Waals surface area contributed by atoms with Crippen molar-refractivity contribution in [3.05, 3.63) is 60.7 Å². The fourth-order valence-corrected chi connectivity index (χ4v) is 2.97. The van der Waals surface area contributed by atoms with E-state index in [1.54, 1.807) is 54.6 Å². The number of nitrogens with zero attached hydrogens (tertiary/aromatic N) is 2. The Kier molecular flexibility index (Phi) is 3.81. The minimum atomic E-state index is -4.36. The predicted molar refractivity (Wildman–Crippen MR) is 88.8 cm³/mol. The van der Waals surface area contributed by atoms with Gasteiger partial charge in [-0.2, -0.15) is 13.5 Å². The van der Waals surface area contributed by atoms with Crippen LogP contribution in [0.3, 0.4) is 0 Å². The number of hydrogen-bond donors (Lipinski definition) is 2. The number of anilines is 1. The zero-order valence-corrected chi connectivity index (χ0v) is 12.7. The van der Waals surface area contributed by atoms with Gasteiger partial charge >= 0.3 is 0 Å². The number of fused-ring (bicyclic) bond motifs is 1. The molecule has 7 heteroatoms. The van der Waals surface area contributed by atoms with E-state index in [-0.39, 0.29) is 4.90 Å². The summed E-state index contributed by atoms with van der Waals surface area (Å²) in [4.78, 5) is -0.193. The molecule has 0 saturated heterocycles. The second-order valence-corrected chi connectivity index (χ2v) is 6.29. The van der Waals surface area contributed by atoms with Gasteiger partial charge in [0.2, 0.25) is 0 Å². The van der Waals surface area contributed by atoms with Crippen LogP contribution in [-0.2, 0) is 10.1 Å². The molecule has 0 atom stereocenters. The quantitative estimate of drug-likeness (QED) is 0.429. The molecule has 3 rings (SSSR count). The van der Waals surface area contributed by atoms with Gasteiger partial charge in [0.1, 0.15) is 4.90 Å². The minimum absolute atomic E-state index is 0.193. The first kappa shape index (κ1) is 15.1. The van der Waals surface area contributed by atoms with Crippen LogP contribution in [0.1, 0.15) is 0 Å². The molecule has 0 fully saturated rings. The molecule has 0 aromatic heterocycles. The normalized spacial score (nSPS) is 12.0. The molecule has 0 heterocycles. The Morgan fingerprint density at radius 3 is 2.17 bits per heavy atom. The zero-order valence-electron chi connectivity index (χ0n) is 11.9. The van der Waals surface area contributed by atoms with Crippen LogP contribution in [0.25, 0.3) is 10.8 Å². The highest BCUT2D eigenvalue weighted by Gasteiger charge is 2.16. The largest absolute Gasteiger partial charge is 0.399 e. The van der Waals surface area contributed by atoms with E-state index < -0.39 is 10.1 Å². The van der Waals surface area contributed by atoms with Gasteiger partial charge < -0.3 is 5.73 Å². The van der Waals surface area contributed by atoms with Crippen LogP contribution < -0.4 is 5.73 Å². The topological polar surface area (TPSA) is 105 Å². The van der Waals surface area contributed by atoms with Crippen molar-refractivity contribution in [1.82, 2.24) is 0 Å². The summed E-state index contributed by atoms with van der Waals surface area (Å²) in [5, 5.41) is 9.18. The van der Waals surface area contributed by atoms with Gasteiger partial charge in [-0.3, -0.25) is 4.55 Å². The number of rotatable bonds is 3. The summed E-state index contributed by atoms with van der Waals surface area (Å²) >= 11 is 0.